The van der Waals surface area contributed by atoms with E-state index in [-0.39, 0.29) is 41.9 Å². The Morgan fingerprint density at radius 1 is 1.00 bits per heavy atom. The van der Waals surface area contributed by atoms with E-state index in [0.717, 1.165) is 26.3 Å². The van der Waals surface area contributed by atoms with Crippen LogP contribution in [0.15, 0.2) is 0 Å². The first-order valence-corrected chi connectivity index (χ1v) is 2.28. The van der Waals surface area contributed by atoms with Gasteiger partial charge in [0.1, 0.15) is 0 Å². The van der Waals surface area contributed by atoms with Gasteiger partial charge >= 0.3 is 17.1 Å². The quantitative estimate of drug-likeness (QED) is 0.411. The monoisotopic (exact) mass is 220 g/mol. The summed E-state index contributed by atoms with van der Waals surface area (Å²) < 4.78 is 5.01. The molecule has 0 unspecified atom stereocenters. The zero-order valence-electron chi connectivity index (χ0n) is 4.79. The van der Waals surface area contributed by atoms with Crippen molar-refractivity contribution in [3.63, 3.8) is 0 Å². The van der Waals surface area contributed by atoms with Gasteiger partial charge in [0.15, 0.2) is 0 Å². The molecule has 0 atom stereocenters. The second kappa shape index (κ2) is 11.8. The second-order valence-electron chi connectivity index (χ2n) is 1.36. The Kier molecular flexibility index (Phi) is 21.6. The normalized spacial score (nSPS) is 16.0. The Morgan fingerprint density at radius 3 is 1.56 bits per heavy atom. The molecule has 0 aromatic carbocycles. The average Bonchev–Trinajstić information content (AvgIpc) is 1.72. The molecule has 5 heteroatoms. The van der Waals surface area contributed by atoms with Crippen LogP contribution in [0, 0.1) is 0 Å². The van der Waals surface area contributed by atoms with Crippen LogP contribution in [-0.2, 0) is 21.8 Å². The molecule has 1 saturated heterocycles. The molecule has 1 aliphatic rings. The SMILES string of the molecule is C1COCCN1.[Cl-].[Cl-].[Cu+2]. The Labute approximate surface area is 78.4 Å². The smallest absolute Gasteiger partial charge is 1.00 e. The molecule has 1 rings (SSSR count). The number of halogens is 2. The van der Waals surface area contributed by atoms with Gasteiger partial charge in [-0.1, -0.05) is 0 Å². The molecule has 1 heterocycles. The van der Waals surface area contributed by atoms with Crippen molar-refractivity contribution in [2.75, 3.05) is 26.3 Å². The molecule has 1 aliphatic heterocycles. The average molecular weight is 222 g/mol. The van der Waals surface area contributed by atoms with Gasteiger partial charge in [0.05, 0.1) is 13.2 Å². The molecule has 0 aliphatic carbocycles. The summed E-state index contributed by atoms with van der Waals surface area (Å²) in [5, 5.41) is 3.16. The molecular weight excluding hydrogens is 213 g/mol. The van der Waals surface area contributed by atoms with Crippen molar-refractivity contribution < 1.29 is 46.6 Å². The Hall–Kier alpha value is 1.02. The van der Waals surface area contributed by atoms with Gasteiger partial charge in [0.2, 0.25) is 0 Å². The first kappa shape index (κ1) is 16.5. The van der Waals surface area contributed by atoms with E-state index in [1.807, 2.05) is 0 Å². The minimum atomic E-state index is 0. The minimum Gasteiger partial charge on any atom is -1.00 e. The molecule has 61 valence electrons. The number of hydrogen-bond acceptors (Lipinski definition) is 2. The van der Waals surface area contributed by atoms with Gasteiger partial charge in [-0.3, -0.25) is 0 Å². The van der Waals surface area contributed by atoms with Gasteiger partial charge in [0, 0.05) is 13.1 Å². The maximum Gasteiger partial charge on any atom is 2.00 e. The summed E-state index contributed by atoms with van der Waals surface area (Å²) in [4.78, 5) is 0. The van der Waals surface area contributed by atoms with Crippen LogP contribution < -0.4 is 30.1 Å². The Morgan fingerprint density at radius 2 is 1.44 bits per heavy atom. The van der Waals surface area contributed by atoms with Gasteiger partial charge in [-0.2, -0.15) is 0 Å². The Balaban J connectivity index is -0.000000120. The summed E-state index contributed by atoms with van der Waals surface area (Å²) in [6.45, 7) is 3.83. The predicted molar refractivity (Wildman–Crippen MR) is 23.7 cm³/mol. The summed E-state index contributed by atoms with van der Waals surface area (Å²) in [6.07, 6.45) is 0. The van der Waals surface area contributed by atoms with Crippen molar-refractivity contribution in [3.8, 4) is 0 Å². The zero-order valence-corrected chi connectivity index (χ0v) is 7.25. The summed E-state index contributed by atoms with van der Waals surface area (Å²) in [7, 11) is 0. The van der Waals surface area contributed by atoms with Crippen molar-refractivity contribution in [1.29, 1.82) is 0 Å². The molecule has 1 N–H and O–H groups in total. The topological polar surface area (TPSA) is 21.3 Å². The Bertz CT molecular complexity index is 34.0. The van der Waals surface area contributed by atoms with Gasteiger partial charge in [0.25, 0.3) is 0 Å². The van der Waals surface area contributed by atoms with E-state index in [4.69, 9.17) is 4.74 Å². The van der Waals surface area contributed by atoms with Crippen molar-refractivity contribution in [3.05, 3.63) is 0 Å². The standard InChI is InChI=1S/C4H9NO.2ClH.Cu/c1-3-6-4-2-5-1;;;/h5H,1-4H2;2*1H;/q;;;+2/p-2. The second-order valence-corrected chi connectivity index (χ2v) is 1.36. The summed E-state index contributed by atoms with van der Waals surface area (Å²) >= 11 is 0. The van der Waals surface area contributed by atoms with Gasteiger partial charge < -0.3 is 34.9 Å². The summed E-state index contributed by atoms with van der Waals surface area (Å²) in [5.74, 6) is 0. The number of hydrogen-bond donors (Lipinski definition) is 1. The third-order valence-electron chi connectivity index (χ3n) is 0.846. The van der Waals surface area contributed by atoms with Crippen LogP contribution in [0.4, 0.5) is 0 Å². The molecule has 0 aromatic rings. The molecule has 9 heavy (non-hydrogen) atoms. The van der Waals surface area contributed by atoms with Gasteiger partial charge in [-0.05, 0) is 0 Å². The van der Waals surface area contributed by atoms with E-state index >= 15 is 0 Å². The van der Waals surface area contributed by atoms with E-state index in [1.54, 1.807) is 0 Å². The van der Waals surface area contributed by atoms with E-state index < -0.39 is 0 Å². The third kappa shape index (κ3) is 9.02. The number of rotatable bonds is 0. The third-order valence-corrected chi connectivity index (χ3v) is 0.846. The maximum atomic E-state index is 5.01. The predicted octanol–water partition coefficient (Wildman–Crippen LogP) is -6.39. The molecule has 0 aromatic heterocycles. The van der Waals surface area contributed by atoms with Crippen LogP contribution >= 0.6 is 0 Å². The first-order valence-electron chi connectivity index (χ1n) is 2.28. The maximum absolute atomic E-state index is 5.01. The molecule has 1 radical (unpaired) electrons. The van der Waals surface area contributed by atoms with Crippen molar-refractivity contribution in [1.82, 2.24) is 5.32 Å². The van der Waals surface area contributed by atoms with Crippen molar-refractivity contribution >= 4 is 0 Å². The molecule has 0 amide bonds. The van der Waals surface area contributed by atoms with E-state index in [2.05, 4.69) is 5.32 Å². The first-order chi connectivity index (χ1) is 3.00. The van der Waals surface area contributed by atoms with Crippen LogP contribution in [0.1, 0.15) is 0 Å². The molecule has 1 fully saturated rings. The fourth-order valence-corrected chi connectivity index (χ4v) is 0.516. The summed E-state index contributed by atoms with van der Waals surface area (Å²) in [5.41, 5.74) is 0. The van der Waals surface area contributed by atoms with Crippen LogP contribution in [-0.4, -0.2) is 26.3 Å². The van der Waals surface area contributed by atoms with Crippen LogP contribution in [0.3, 0.4) is 0 Å². The van der Waals surface area contributed by atoms with E-state index in [1.165, 1.54) is 0 Å². The zero-order chi connectivity index (χ0) is 4.24. The van der Waals surface area contributed by atoms with Crippen LogP contribution in [0.5, 0.6) is 0 Å². The van der Waals surface area contributed by atoms with Crippen LogP contribution in [0.2, 0.25) is 0 Å². The molecule has 0 saturated carbocycles. The van der Waals surface area contributed by atoms with Gasteiger partial charge in [-0.25, -0.2) is 0 Å². The fraction of sp³-hybridized carbons (Fsp3) is 1.00. The minimum absolute atomic E-state index is 0. The molecular formula is C4H9Cl2CuNO. The van der Waals surface area contributed by atoms with Crippen molar-refractivity contribution in [2.45, 2.75) is 0 Å². The number of ether oxygens (including phenoxy) is 1. The van der Waals surface area contributed by atoms with Crippen molar-refractivity contribution in [2.24, 2.45) is 0 Å². The number of nitrogens with one attached hydrogen (secondary N) is 1. The molecule has 2 nitrogen and oxygen atoms in total. The largest absolute Gasteiger partial charge is 2.00 e. The van der Waals surface area contributed by atoms with Crippen LogP contribution in [0.25, 0.3) is 0 Å². The van der Waals surface area contributed by atoms with E-state index in [9.17, 15) is 0 Å². The number of morpholine rings is 1. The molecule has 0 spiro atoms. The molecule has 0 bridgehead atoms. The van der Waals surface area contributed by atoms with Gasteiger partial charge in [-0.15, -0.1) is 0 Å². The summed E-state index contributed by atoms with van der Waals surface area (Å²) in [6, 6.07) is 0. The van der Waals surface area contributed by atoms with E-state index in [0.29, 0.717) is 0 Å². The fourth-order valence-electron chi connectivity index (χ4n) is 0.516.